The van der Waals surface area contributed by atoms with E-state index in [9.17, 15) is 4.39 Å². The normalized spacial score (nSPS) is 10.9. The molecule has 1 aromatic carbocycles. The lowest BCUT2D eigenvalue weighted by atomic mass is 10.2. The van der Waals surface area contributed by atoms with Gasteiger partial charge in [-0.3, -0.25) is 0 Å². The smallest absolute Gasteiger partial charge is 0.196 e. The third-order valence-corrected chi connectivity index (χ3v) is 3.34. The van der Waals surface area contributed by atoms with E-state index in [0.29, 0.717) is 21.7 Å². The van der Waals surface area contributed by atoms with Crippen molar-refractivity contribution in [2.24, 2.45) is 0 Å². The van der Waals surface area contributed by atoms with E-state index in [-0.39, 0.29) is 5.82 Å². The van der Waals surface area contributed by atoms with Crippen LogP contribution in [0.1, 0.15) is 19.2 Å². The Morgan fingerprint density at radius 3 is 2.95 bits per heavy atom. The van der Waals surface area contributed by atoms with Crippen molar-refractivity contribution < 1.29 is 8.81 Å². The Balaban J connectivity index is 2.01. The van der Waals surface area contributed by atoms with Crippen LogP contribution in [0.3, 0.4) is 0 Å². The van der Waals surface area contributed by atoms with E-state index in [0.717, 1.165) is 25.9 Å². The van der Waals surface area contributed by atoms with Crippen LogP contribution in [0.15, 0.2) is 33.3 Å². The van der Waals surface area contributed by atoms with Gasteiger partial charge in [-0.05, 0) is 47.1 Å². The molecule has 0 spiro atoms. The number of hydrogen-bond acceptors (Lipinski definition) is 3. The third-order valence-electron chi connectivity index (χ3n) is 2.70. The van der Waals surface area contributed by atoms with Crippen LogP contribution in [0.5, 0.6) is 0 Å². The molecule has 0 saturated carbocycles. The van der Waals surface area contributed by atoms with E-state index < -0.39 is 0 Å². The Kier molecular flexibility index (Phi) is 5.10. The minimum absolute atomic E-state index is 0.305. The number of hydrogen-bond donors (Lipinski definition) is 1. The van der Waals surface area contributed by atoms with Crippen LogP contribution in [0.4, 0.5) is 4.39 Å². The van der Waals surface area contributed by atoms with Gasteiger partial charge in [0.25, 0.3) is 0 Å². The monoisotopic (exact) mass is 326 g/mol. The molecule has 1 aromatic heterocycles. The fraction of sp³-hybridized carbons (Fsp3) is 0.357. The Morgan fingerprint density at radius 2 is 2.21 bits per heavy atom. The standard InChI is InChI=1S/C14H16BrFN2O/c1-2-6-17-7-5-14-18-9-13(19-14)10-3-4-11(15)12(16)8-10/h3-4,8-9,17H,2,5-7H2,1H3. The molecule has 0 fully saturated rings. The summed E-state index contributed by atoms with van der Waals surface area (Å²) in [7, 11) is 0. The van der Waals surface area contributed by atoms with Crippen molar-refractivity contribution in [3.63, 3.8) is 0 Å². The highest BCUT2D eigenvalue weighted by Crippen LogP contribution is 2.25. The lowest BCUT2D eigenvalue weighted by molar-refractivity contribution is 0.494. The Bertz CT molecular complexity index is 542. The van der Waals surface area contributed by atoms with Crippen LogP contribution in [-0.2, 0) is 6.42 Å². The van der Waals surface area contributed by atoms with Crippen molar-refractivity contribution in [2.75, 3.05) is 13.1 Å². The van der Waals surface area contributed by atoms with E-state index in [1.807, 2.05) is 0 Å². The zero-order valence-corrected chi connectivity index (χ0v) is 12.3. The molecule has 102 valence electrons. The van der Waals surface area contributed by atoms with Crippen LogP contribution in [0, 0.1) is 5.82 Å². The van der Waals surface area contributed by atoms with Crippen LogP contribution < -0.4 is 5.32 Å². The number of halogens is 2. The van der Waals surface area contributed by atoms with Gasteiger partial charge in [-0.1, -0.05) is 6.92 Å². The van der Waals surface area contributed by atoms with Crippen molar-refractivity contribution in [3.8, 4) is 11.3 Å². The molecule has 1 N–H and O–H groups in total. The topological polar surface area (TPSA) is 38.1 Å². The van der Waals surface area contributed by atoms with Crippen LogP contribution in [0.2, 0.25) is 0 Å². The van der Waals surface area contributed by atoms with E-state index in [2.05, 4.69) is 33.2 Å². The lowest BCUT2D eigenvalue weighted by Gasteiger charge is -2.00. The summed E-state index contributed by atoms with van der Waals surface area (Å²) in [4.78, 5) is 4.20. The summed E-state index contributed by atoms with van der Waals surface area (Å²) in [5.41, 5.74) is 0.695. The maximum Gasteiger partial charge on any atom is 0.196 e. The molecule has 0 aliphatic heterocycles. The Hall–Kier alpha value is -1.20. The maximum atomic E-state index is 13.4. The maximum absolute atomic E-state index is 13.4. The Labute approximate surface area is 120 Å². The molecule has 0 amide bonds. The zero-order chi connectivity index (χ0) is 13.7. The largest absolute Gasteiger partial charge is 0.441 e. The molecule has 2 aromatic rings. The second-order valence-corrected chi connectivity index (χ2v) is 5.10. The molecule has 19 heavy (non-hydrogen) atoms. The summed E-state index contributed by atoms with van der Waals surface area (Å²) < 4.78 is 19.5. The SMILES string of the molecule is CCCNCCc1ncc(-c2ccc(Br)c(F)c2)o1. The van der Waals surface area contributed by atoms with E-state index in [4.69, 9.17) is 4.42 Å². The Morgan fingerprint density at radius 1 is 1.37 bits per heavy atom. The molecular formula is C14H16BrFN2O. The second-order valence-electron chi connectivity index (χ2n) is 4.25. The van der Waals surface area contributed by atoms with Gasteiger partial charge in [0.1, 0.15) is 5.82 Å². The predicted octanol–water partition coefficient (Wildman–Crippen LogP) is 3.79. The van der Waals surface area contributed by atoms with Gasteiger partial charge in [-0.2, -0.15) is 0 Å². The van der Waals surface area contributed by atoms with E-state index in [1.54, 1.807) is 18.3 Å². The number of benzene rings is 1. The van der Waals surface area contributed by atoms with Crippen LogP contribution in [0.25, 0.3) is 11.3 Å². The molecular weight excluding hydrogens is 311 g/mol. The van der Waals surface area contributed by atoms with Crippen molar-refractivity contribution in [1.29, 1.82) is 0 Å². The summed E-state index contributed by atoms with van der Waals surface area (Å²) >= 11 is 3.13. The van der Waals surface area contributed by atoms with E-state index in [1.165, 1.54) is 6.07 Å². The first-order chi connectivity index (χ1) is 9.20. The van der Waals surface area contributed by atoms with Gasteiger partial charge >= 0.3 is 0 Å². The van der Waals surface area contributed by atoms with Gasteiger partial charge in [-0.15, -0.1) is 0 Å². The summed E-state index contributed by atoms with van der Waals surface area (Å²) in [5, 5.41) is 3.28. The number of oxazole rings is 1. The number of aromatic nitrogens is 1. The first kappa shape index (κ1) is 14.2. The molecule has 3 nitrogen and oxygen atoms in total. The first-order valence-electron chi connectivity index (χ1n) is 6.31. The van der Waals surface area contributed by atoms with Gasteiger partial charge in [0, 0.05) is 18.5 Å². The highest BCUT2D eigenvalue weighted by molar-refractivity contribution is 9.10. The molecule has 0 saturated heterocycles. The molecule has 2 rings (SSSR count). The van der Waals surface area contributed by atoms with Gasteiger partial charge in [-0.25, -0.2) is 9.37 Å². The fourth-order valence-corrected chi connectivity index (χ4v) is 1.95. The van der Waals surface area contributed by atoms with Crippen molar-refractivity contribution >= 4 is 15.9 Å². The fourth-order valence-electron chi connectivity index (χ4n) is 1.71. The summed E-state index contributed by atoms with van der Waals surface area (Å²) in [6.07, 6.45) is 3.48. The minimum atomic E-state index is -0.305. The molecule has 0 unspecified atom stereocenters. The van der Waals surface area contributed by atoms with Gasteiger partial charge in [0.2, 0.25) is 0 Å². The van der Waals surface area contributed by atoms with Crippen molar-refractivity contribution in [1.82, 2.24) is 10.3 Å². The van der Waals surface area contributed by atoms with Gasteiger partial charge < -0.3 is 9.73 Å². The third kappa shape index (κ3) is 3.88. The van der Waals surface area contributed by atoms with Gasteiger partial charge in [0.15, 0.2) is 11.7 Å². The highest BCUT2D eigenvalue weighted by Gasteiger charge is 2.08. The molecule has 0 atom stereocenters. The van der Waals surface area contributed by atoms with Gasteiger partial charge in [0.05, 0.1) is 10.7 Å². The summed E-state index contributed by atoms with van der Waals surface area (Å²) in [6.45, 7) is 3.95. The molecule has 0 aliphatic carbocycles. The van der Waals surface area contributed by atoms with Crippen molar-refractivity contribution in [3.05, 3.63) is 40.6 Å². The first-order valence-corrected chi connectivity index (χ1v) is 7.11. The average molecular weight is 327 g/mol. The molecule has 0 bridgehead atoms. The number of rotatable bonds is 6. The zero-order valence-electron chi connectivity index (χ0n) is 10.7. The average Bonchev–Trinajstić information content (AvgIpc) is 2.87. The summed E-state index contributed by atoms with van der Waals surface area (Å²) in [6, 6.07) is 4.90. The highest BCUT2D eigenvalue weighted by atomic mass is 79.9. The number of nitrogens with one attached hydrogen (secondary N) is 1. The molecule has 5 heteroatoms. The number of nitrogens with zero attached hydrogens (tertiary/aromatic N) is 1. The van der Waals surface area contributed by atoms with Crippen molar-refractivity contribution in [2.45, 2.75) is 19.8 Å². The summed E-state index contributed by atoms with van der Waals surface area (Å²) in [5.74, 6) is 0.957. The second kappa shape index (κ2) is 6.82. The quantitative estimate of drug-likeness (QED) is 0.821. The molecule has 0 aliphatic rings. The molecule has 1 heterocycles. The minimum Gasteiger partial charge on any atom is -0.441 e. The lowest BCUT2D eigenvalue weighted by Crippen LogP contribution is -2.17. The van der Waals surface area contributed by atoms with Crippen LogP contribution >= 0.6 is 15.9 Å². The molecule has 0 radical (unpaired) electrons. The predicted molar refractivity (Wildman–Crippen MR) is 76.5 cm³/mol. The van der Waals surface area contributed by atoms with Crippen LogP contribution in [-0.4, -0.2) is 18.1 Å². The van der Waals surface area contributed by atoms with E-state index >= 15 is 0 Å².